The molecule has 1 aliphatic carbocycles. The smallest absolute Gasteiger partial charge is 0.190 e. The van der Waals surface area contributed by atoms with E-state index in [1.165, 1.54) is 27.9 Å². The summed E-state index contributed by atoms with van der Waals surface area (Å²) in [6.45, 7) is 0. The van der Waals surface area contributed by atoms with Gasteiger partial charge in [-0.2, -0.15) is 4.57 Å². The predicted molar refractivity (Wildman–Crippen MR) is 111 cm³/mol. The Hall–Kier alpha value is -1.98. The summed E-state index contributed by atoms with van der Waals surface area (Å²) in [6.07, 6.45) is 10.5. The number of aromatic nitrogens is 1. The Kier molecular flexibility index (Phi) is 5.77. The lowest BCUT2D eigenvalue weighted by molar-refractivity contribution is -2.00. The number of pyridine rings is 1. The molecule has 2 unspecified atom stereocenters. The fourth-order valence-electron chi connectivity index (χ4n) is 5.39. The maximum absolute atomic E-state index is 8.49. The lowest BCUT2D eigenvalue weighted by atomic mass is 9.54. The molecule has 170 valence electrons. The van der Waals surface area contributed by atoms with E-state index < -0.39 is 10.2 Å². The van der Waals surface area contributed by atoms with E-state index >= 15 is 0 Å². The van der Waals surface area contributed by atoms with Crippen molar-refractivity contribution in [1.82, 2.24) is 0 Å². The molecule has 10 heteroatoms. The van der Waals surface area contributed by atoms with Gasteiger partial charge in [-0.15, -0.1) is 10.2 Å². The highest BCUT2D eigenvalue weighted by atomic mass is 79.9. The van der Waals surface area contributed by atoms with Crippen molar-refractivity contribution in [2.45, 2.75) is 23.8 Å². The Balaban J connectivity index is 0.000000416. The summed E-state index contributed by atoms with van der Waals surface area (Å²) in [6, 6.07) is 15.2. The van der Waals surface area contributed by atoms with Gasteiger partial charge in [-0.1, -0.05) is 37.9 Å². The van der Waals surface area contributed by atoms with Gasteiger partial charge >= 0.3 is 0 Å². The first-order valence-corrected chi connectivity index (χ1v) is 12.7. The summed E-state index contributed by atoms with van der Waals surface area (Å²) in [5.74, 6) is 0.135. The summed E-state index contributed by atoms with van der Waals surface area (Å²) >= 11 is 7.70. The molecule has 0 radical (unpaired) electrons. The molecule has 0 N–H and O–H groups in total. The Labute approximate surface area is 207 Å². The molecule has 0 fully saturated rings. The van der Waals surface area contributed by atoms with Gasteiger partial charge in [-0.25, -0.2) is 18.6 Å². The number of fused-ring (bicyclic) bond motifs is 1. The summed E-state index contributed by atoms with van der Waals surface area (Å²) in [4.78, 5) is 0. The average molecular weight is 598 g/mol. The van der Waals surface area contributed by atoms with Crippen molar-refractivity contribution in [3.63, 3.8) is 0 Å². The Morgan fingerprint density at radius 2 is 1.42 bits per heavy atom. The van der Waals surface area contributed by atoms with Gasteiger partial charge in [0, 0.05) is 44.2 Å². The molecular formula is C23H16Br2ClNO6. The van der Waals surface area contributed by atoms with E-state index in [0.717, 1.165) is 15.4 Å². The molecule has 5 heterocycles. The van der Waals surface area contributed by atoms with Gasteiger partial charge in [0.2, 0.25) is 0 Å². The molecule has 0 spiro atoms. The van der Waals surface area contributed by atoms with Crippen molar-refractivity contribution in [3.8, 4) is 0 Å². The van der Waals surface area contributed by atoms with E-state index in [1.54, 1.807) is 12.5 Å². The average Bonchev–Trinajstić information content (AvgIpc) is 3.50. The first-order valence-electron chi connectivity index (χ1n) is 9.87. The molecule has 7 nitrogen and oxygen atoms in total. The van der Waals surface area contributed by atoms with Crippen molar-refractivity contribution in [2.24, 2.45) is 0 Å². The van der Waals surface area contributed by atoms with Gasteiger partial charge < -0.3 is 8.83 Å². The summed E-state index contributed by atoms with van der Waals surface area (Å²) in [5.41, 5.74) is 6.16. The monoisotopic (exact) mass is 595 g/mol. The van der Waals surface area contributed by atoms with Crippen LogP contribution in [-0.4, -0.2) is 0 Å². The van der Waals surface area contributed by atoms with E-state index in [9.17, 15) is 0 Å². The molecule has 3 aliphatic rings. The second-order valence-corrected chi connectivity index (χ2v) is 10.4. The van der Waals surface area contributed by atoms with Crippen molar-refractivity contribution in [2.75, 3.05) is 0 Å². The number of rotatable bonds is 2. The Morgan fingerprint density at radius 1 is 0.848 bits per heavy atom. The third-order valence-electron chi connectivity index (χ3n) is 6.44. The third-order valence-corrected chi connectivity index (χ3v) is 7.82. The van der Waals surface area contributed by atoms with Gasteiger partial charge in [0.15, 0.2) is 17.9 Å². The number of hydrogen-bond acceptors (Lipinski definition) is 6. The standard InChI is InChI=1S/C23H16Br2NO2.ClHO4/c24-16-4-5-17(25)21-20(16)19-11-23(14-6-9-27-12-14,15-7-10-28-13-15)22(21)18-3-1-2-8-26(18)19;2-1(3,4)5/h1-10,12-13,19,22H,11H2;(H,2,3,4,5)/q+1;/p-1. The molecule has 0 amide bonds. The van der Waals surface area contributed by atoms with E-state index in [4.69, 9.17) is 27.5 Å². The van der Waals surface area contributed by atoms with Crippen LogP contribution in [0.1, 0.15) is 46.3 Å². The summed E-state index contributed by atoms with van der Waals surface area (Å²) < 4.78 is 49.9. The van der Waals surface area contributed by atoms with Gasteiger partial charge in [-0.3, -0.25) is 0 Å². The molecular weight excluding hydrogens is 582 g/mol. The highest BCUT2D eigenvalue weighted by Gasteiger charge is 2.61. The molecule has 1 aromatic carbocycles. The molecule has 0 saturated heterocycles. The fourth-order valence-corrected chi connectivity index (χ4v) is 6.58. The first-order chi connectivity index (χ1) is 15.7. The number of hydrogen-bond donors (Lipinski definition) is 0. The highest BCUT2D eigenvalue weighted by molar-refractivity contribution is 9.11. The van der Waals surface area contributed by atoms with Crippen molar-refractivity contribution < 1.29 is 42.3 Å². The fraction of sp³-hybridized carbons (Fsp3) is 0.174. The topological polar surface area (TPSA) is 122 Å². The number of nitrogens with zero attached hydrogens (tertiary/aromatic N) is 1. The van der Waals surface area contributed by atoms with Crippen LogP contribution in [0.25, 0.3) is 0 Å². The second kappa shape index (κ2) is 8.35. The molecule has 2 bridgehead atoms. The quantitative estimate of drug-likeness (QED) is 0.322. The zero-order valence-electron chi connectivity index (χ0n) is 16.8. The largest absolute Gasteiger partial charge is 0.472 e. The maximum Gasteiger partial charge on any atom is 0.190 e. The minimum atomic E-state index is -4.94. The molecule has 7 rings (SSSR count). The van der Waals surface area contributed by atoms with E-state index in [1.807, 2.05) is 12.5 Å². The normalized spacial score (nSPS) is 19.9. The van der Waals surface area contributed by atoms with Crippen molar-refractivity contribution in [3.05, 3.63) is 111 Å². The lowest BCUT2D eigenvalue weighted by Crippen LogP contribution is -2.68. The second-order valence-electron chi connectivity index (χ2n) is 7.92. The molecule has 33 heavy (non-hydrogen) atoms. The molecule has 0 saturated carbocycles. The van der Waals surface area contributed by atoms with Crippen LogP contribution in [0.2, 0.25) is 0 Å². The SMILES string of the molecule is Brc1ccc(Br)c2c1C1CC(c3ccoc3)(c3ccoc3)C2c2cccc[n+]21.[O-][Cl+3]([O-])([O-])[O-]. The summed E-state index contributed by atoms with van der Waals surface area (Å²) in [7, 11) is -4.94. The lowest BCUT2D eigenvalue weighted by Gasteiger charge is -2.49. The van der Waals surface area contributed by atoms with Crippen LogP contribution in [0.4, 0.5) is 0 Å². The van der Waals surface area contributed by atoms with Gasteiger partial charge in [0.05, 0.1) is 36.4 Å². The number of halogens is 3. The predicted octanol–water partition coefficient (Wildman–Crippen LogP) is 1.35. The first kappa shape index (κ1) is 22.8. The van der Waals surface area contributed by atoms with Gasteiger partial charge in [0.25, 0.3) is 0 Å². The van der Waals surface area contributed by atoms with Gasteiger partial charge in [-0.05, 0) is 29.8 Å². The van der Waals surface area contributed by atoms with Crippen LogP contribution in [0, 0.1) is 10.2 Å². The number of benzene rings is 1. The van der Waals surface area contributed by atoms with E-state index in [2.05, 4.69) is 85.1 Å². The molecule has 2 aliphatic heterocycles. The van der Waals surface area contributed by atoms with Crippen LogP contribution < -0.4 is 23.2 Å². The van der Waals surface area contributed by atoms with Crippen molar-refractivity contribution in [1.29, 1.82) is 0 Å². The van der Waals surface area contributed by atoms with Crippen LogP contribution in [0.15, 0.2) is 91.5 Å². The van der Waals surface area contributed by atoms with E-state index in [0.29, 0.717) is 0 Å². The molecule has 3 aromatic heterocycles. The highest BCUT2D eigenvalue weighted by Crippen LogP contribution is 2.61. The number of furan rings is 2. The molecule has 2 atom stereocenters. The minimum absolute atomic E-state index is 0.135. The minimum Gasteiger partial charge on any atom is -0.472 e. The van der Waals surface area contributed by atoms with Crippen LogP contribution >= 0.6 is 31.9 Å². The Morgan fingerprint density at radius 3 is 1.97 bits per heavy atom. The van der Waals surface area contributed by atoms with E-state index in [-0.39, 0.29) is 17.4 Å². The van der Waals surface area contributed by atoms with Crippen LogP contribution in [0.3, 0.4) is 0 Å². The zero-order valence-corrected chi connectivity index (χ0v) is 20.7. The van der Waals surface area contributed by atoms with Crippen molar-refractivity contribution >= 4 is 31.9 Å². The molecule has 4 aromatic rings. The van der Waals surface area contributed by atoms with Crippen LogP contribution in [-0.2, 0) is 5.41 Å². The maximum atomic E-state index is 8.49. The third kappa shape index (κ3) is 3.77. The Bertz CT molecular complexity index is 1250. The zero-order chi connectivity index (χ0) is 23.4. The van der Waals surface area contributed by atoms with Crippen LogP contribution in [0.5, 0.6) is 0 Å². The van der Waals surface area contributed by atoms with Gasteiger partial charge in [0.1, 0.15) is 0 Å². The summed E-state index contributed by atoms with van der Waals surface area (Å²) in [5, 5.41) is 0.